The molecule has 0 saturated carbocycles. The second kappa shape index (κ2) is 3.63. The molecule has 0 radical (unpaired) electrons. The first-order valence-corrected chi connectivity index (χ1v) is 5.02. The van der Waals surface area contributed by atoms with Crippen LogP contribution in [0, 0.1) is 0 Å². The lowest BCUT2D eigenvalue weighted by Gasteiger charge is -1.96. The number of rotatable bonds is 2. The van der Waals surface area contributed by atoms with Gasteiger partial charge in [0.15, 0.2) is 0 Å². The van der Waals surface area contributed by atoms with Gasteiger partial charge in [0.2, 0.25) is 0 Å². The molecule has 2 aromatic rings. The van der Waals surface area contributed by atoms with Crippen molar-refractivity contribution in [1.29, 1.82) is 0 Å². The second-order valence-corrected chi connectivity index (χ2v) is 3.70. The Morgan fingerprint density at radius 1 is 1.29 bits per heavy atom. The molecule has 0 aliphatic rings. The molecule has 0 atom stereocenters. The quantitative estimate of drug-likeness (QED) is 0.763. The third kappa shape index (κ3) is 2.00. The molecule has 0 aliphatic heterocycles. The highest BCUT2D eigenvalue weighted by molar-refractivity contribution is 7.07. The van der Waals surface area contributed by atoms with Crippen molar-refractivity contribution in [3.05, 3.63) is 55.0 Å². The van der Waals surface area contributed by atoms with E-state index in [0.717, 1.165) is 5.56 Å². The van der Waals surface area contributed by atoms with Crippen LogP contribution in [-0.2, 0) is 6.42 Å². The number of nitrogens with one attached hydrogen (secondary N) is 2. The van der Waals surface area contributed by atoms with E-state index in [0.29, 0.717) is 12.1 Å². The monoisotopic (exact) mass is 208 g/mol. The highest BCUT2D eigenvalue weighted by Gasteiger charge is 1.98. The molecule has 0 fully saturated rings. The molecule has 2 heterocycles. The smallest absolute Gasteiger partial charge is 0.311 e. The van der Waals surface area contributed by atoms with Crippen LogP contribution in [0.5, 0.6) is 0 Å². The van der Waals surface area contributed by atoms with Crippen LogP contribution in [0.3, 0.4) is 0 Å². The average molecular weight is 208 g/mol. The molecule has 2 rings (SSSR count). The van der Waals surface area contributed by atoms with Crippen molar-refractivity contribution in [3.8, 4) is 0 Å². The number of aromatic amines is 2. The summed E-state index contributed by atoms with van der Waals surface area (Å²) in [4.78, 5) is 26.6. The maximum Gasteiger partial charge on any atom is 0.325 e. The van der Waals surface area contributed by atoms with Gasteiger partial charge in [-0.1, -0.05) is 0 Å². The number of thiophene rings is 1. The second-order valence-electron chi connectivity index (χ2n) is 2.92. The molecule has 5 heteroatoms. The van der Waals surface area contributed by atoms with Gasteiger partial charge in [0.05, 0.1) is 0 Å². The van der Waals surface area contributed by atoms with Crippen LogP contribution < -0.4 is 11.2 Å². The van der Waals surface area contributed by atoms with E-state index >= 15 is 0 Å². The predicted molar refractivity (Wildman–Crippen MR) is 54.8 cm³/mol. The summed E-state index contributed by atoms with van der Waals surface area (Å²) in [5.74, 6) is 0. The minimum Gasteiger partial charge on any atom is -0.311 e. The molecule has 14 heavy (non-hydrogen) atoms. The summed E-state index contributed by atoms with van der Waals surface area (Å²) in [5.41, 5.74) is 0.912. The topological polar surface area (TPSA) is 65.7 Å². The van der Waals surface area contributed by atoms with E-state index in [-0.39, 0.29) is 5.56 Å². The zero-order chi connectivity index (χ0) is 9.97. The first-order chi connectivity index (χ1) is 6.74. The molecule has 0 unspecified atom stereocenters. The van der Waals surface area contributed by atoms with Crippen molar-refractivity contribution < 1.29 is 0 Å². The molecule has 0 bridgehead atoms. The third-order valence-electron chi connectivity index (χ3n) is 1.79. The summed E-state index contributed by atoms with van der Waals surface area (Å²) >= 11 is 1.59. The Balaban J connectivity index is 2.34. The SMILES string of the molecule is O=c1cc(Cc2ccsc2)[nH]c(=O)[nH]1. The van der Waals surface area contributed by atoms with Gasteiger partial charge in [0, 0.05) is 18.2 Å². The van der Waals surface area contributed by atoms with Gasteiger partial charge in [-0.15, -0.1) is 0 Å². The fourth-order valence-electron chi connectivity index (χ4n) is 1.23. The molecular weight excluding hydrogens is 200 g/mol. The molecule has 0 amide bonds. The number of hydrogen-bond acceptors (Lipinski definition) is 3. The normalized spacial score (nSPS) is 10.3. The zero-order valence-corrected chi connectivity index (χ0v) is 8.06. The van der Waals surface area contributed by atoms with E-state index in [1.165, 1.54) is 6.07 Å². The lowest BCUT2D eigenvalue weighted by Crippen LogP contribution is -2.22. The summed E-state index contributed by atoms with van der Waals surface area (Å²) in [7, 11) is 0. The molecule has 0 aliphatic carbocycles. The zero-order valence-electron chi connectivity index (χ0n) is 7.24. The van der Waals surface area contributed by atoms with E-state index in [4.69, 9.17) is 0 Å². The van der Waals surface area contributed by atoms with Gasteiger partial charge in [-0.2, -0.15) is 11.3 Å². The van der Waals surface area contributed by atoms with Crippen molar-refractivity contribution in [2.75, 3.05) is 0 Å². The van der Waals surface area contributed by atoms with E-state index in [9.17, 15) is 9.59 Å². The minimum absolute atomic E-state index is 0.362. The van der Waals surface area contributed by atoms with Crippen LogP contribution in [0.4, 0.5) is 0 Å². The number of H-pyrrole nitrogens is 2. The fourth-order valence-corrected chi connectivity index (χ4v) is 1.90. The van der Waals surface area contributed by atoms with Crippen LogP contribution in [0.25, 0.3) is 0 Å². The van der Waals surface area contributed by atoms with Gasteiger partial charge in [-0.05, 0) is 22.4 Å². The maximum absolute atomic E-state index is 11.0. The van der Waals surface area contributed by atoms with Gasteiger partial charge in [0.1, 0.15) is 0 Å². The standard InChI is InChI=1S/C9H8N2O2S/c12-8-4-7(10-9(13)11-8)3-6-1-2-14-5-6/h1-2,4-5H,3H2,(H2,10,11,12,13). The molecule has 2 N–H and O–H groups in total. The Bertz CT molecular complexity index is 496. The third-order valence-corrected chi connectivity index (χ3v) is 2.52. The first kappa shape index (κ1) is 8.96. The number of hydrogen-bond donors (Lipinski definition) is 2. The highest BCUT2D eigenvalue weighted by Crippen LogP contribution is 2.09. The predicted octanol–water partition coefficient (Wildman–Crippen LogP) is 0.716. The average Bonchev–Trinajstić information content (AvgIpc) is 2.54. The Labute approximate surface area is 83.3 Å². The van der Waals surface area contributed by atoms with Gasteiger partial charge < -0.3 is 4.98 Å². The number of aromatic nitrogens is 2. The lowest BCUT2D eigenvalue weighted by atomic mass is 10.2. The Kier molecular flexibility index (Phi) is 2.32. The fraction of sp³-hybridized carbons (Fsp3) is 0.111. The minimum atomic E-state index is -0.456. The van der Waals surface area contributed by atoms with Gasteiger partial charge in [-0.3, -0.25) is 9.78 Å². The van der Waals surface area contributed by atoms with E-state index < -0.39 is 5.69 Å². The molecule has 0 aromatic carbocycles. The first-order valence-electron chi connectivity index (χ1n) is 4.07. The van der Waals surface area contributed by atoms with Crippen LogP contribution in [-0.4, -0.2) is 9.97 Å². The van der Waals surface area contributed by atoms with Crippen molar-refractivity contribution in [1.82, 2.24) is 9.97 Å². The van der Waals surface area contributed by atoms with Crippen molar-refractivity contribution in [2.45, 2.75) is 6.42 Å². The van der Waals surface area contributed by atoms with Crippen LogP contribution >= 0.6 is 11.3 Å². The van der Waals surface area contributed by atoms with Crippen molar-refractivity contribution in [3.63, 3.8) is 0 Å². The molecule has 72 valence electrons. The van der Waals surface area contributed by atoms with E-state index in [2.05, 4.69) is 9.97 Å². The largest absolute Gasteiger partial charge is 0.325 e. The Hall–Kier alpha value is -1.62. The van der Waals surface area contributed by atoms with Crippen LogP contribution in [0.15, 0.2) is 32.5 Å². The van der Waals surface area contributed by atoms with Gasteiger partial charge >= 0.3 is 5.69 Å². The van der Waals surface area contributed by atoms with Gasteiger partial charge in [-0.25, -0.2) is 4.79 Å². The molecule has 0 spiro atoms. The van der Waals surface area contributed by atoms with E-state index in [1.807, 2.05) is 16.8 Å². The van der Waals surface area contributed by atoms with E-state index in [1.54, 1.807) is 11.3 Å². The van der Waals surface area contributed by atoms with Crippen molar-refractivity contribution >= 4 is 11.3 Å². The Morgan fingerprint density at radius 3 is 2.79 bits per heavy atom. The van der Waals surface area contributed by atoms with Crippen LogP contribution in [0.2, 0.25) is 0 Å². The molecule has 2 aromatic heterocycles. The summed E-state index contributed by atoms with van der Waals surface area (Å²) < 4.78 is 0. The summed E-state index contributed by atoms with van der Waals surface area (Å²) in [6, 6.07) is 3.36. The Morgan fingerprint density at radius 2 is 2.14 bits per heavy atom. The molecule has 4 nitrogen and oxygen atoms in total. The van der Waals surface area contributed by atoms with Crippen molar-refractivity contribution in [2.24, 2.45) is 0 Å². The summed E-state index contributed by atoms with van der Waals surface area (Å²) in [5, 5.41) is 3.94. The van der Waals surface area contributed by atoms with Gasteiger partial charge in [0.25, 0.3) is 5.56 Å². The maximum atomic E-state index is 11.0. The molecular formula is C9H8N2O2S. The van der Waals surface area contributed by atoms with Crippen LogP contribution in [0.1, 0.15) is 11.3 Å². The summed E-state index contributed by atoms with van der Waals surface area (Å²) in [6.45, 7) is 0. The lowest BCUT2D eigenvalue weighted by molar-refractivity contribution is 0.955. The molecule has 0 saturated heterocycles. The summed E-state index contributed by atoms with van der Waals surface area (Å²) in [6.07, 6.45) is 0.586. The highest BCUT2D eigenvalue weighted by atomic mass is 32.1.